The van der Waals surface area contributed by atoms with Crippen LogP contribution in [0.1, 0.15) is 37.5 Å². The number of benzene rings is 1. The van der Waals surface area contributed by atoms with Crippen LogP contribution in [-0.2, 0) is 6.42 Å². The molecule has 0 unspecified atom stereocenters. The average molecular weight is 176 g/mol. The summed E-state index contributed by atoms with van der Waals surface area (Å²) < 4.78 is 0. The van der Waals surface area contributed by atoms with Crippen molar-refractivity contribution < 1.29 is 0 Å². The van der Waals surface area contributed by atoms with Crippen LogP contribution >= 0.6 is 0 Å². The van der Waals surface area contributed by atoms with E-state index in [1.54, 1.807) is 0 Å². The minimum absolute atomic E-state index is 0.387. The van der Waals surface area contributed by atoms with Crippen LogP contribution in [0, 0.1) is 19.3 Å². The second kappa shape index (κ2) is 3.53. The summed E-state index contributed by atoms with van der Waals surface area (Å²) in [6.07, 6.45) is 1.17. The zero-order valence-corrected chi connectivity index (χ0v) is 9.44. The van der Waals surface area contributed by atoms with Crippen molar-refractivity contribution in [2.24, 2.45) is 5.41 Å². The molecule has 0 heteroatoms. The molecule has 1 aromatic rings. The van der Waals surface area contributed by atoms with E-state index in [-0.39, 0.29) is 0 Å². The Morgan fingerprint density at radius 1 is 1.08 bits per heavy atom. The third-order valence-electron chi connectivity index (χ3n) is 2.44. The van der Waals surface area contributed by atoms with Crippen LogP contribution in [0.4, 0.5) is 0 Å². The van der Waals surface area contributed by atoms with Gasteiger partial charge in [0, 0.05) is 0 Å². The van der Waals surface area contributed by atoms with E-state index >= 15 is 0 Å². The Morgan fingerprint density at radius 3 is 2.23 bits per heavy atom. The molecule has 72 valence electrons. The maximum atomic E-state index is 2.29. The fraction of sp³-hybridized carbons (Fsp3) is 0.538. The predicted octanol–water partition coefficient (Wildman–Crippen LogP) is 3.89. The van der Waals surface area contributed by atoms with Crippen LogP contribution in [0.15, 0.2) is 18.2 Å². The monoisotopic (exact) mass is 176 g/mol. The van der Waals surface area contributed by atoms with Gasteiger partial charge >= 0.3 is 0 Å². The van der Waals surface area contributed by atoms with E-state index in [4.69, 9.17) is 0 Å². The van der Waals surface area contributed by atoms with Crippen LogP contribution in [0.3, 0.4) is 0 Å². The van der Waals surface area contributed by atoms with E-state index < -0.39 is 0 Å². The molecule has 0 saturated heterocycles. The van der Waals surface area contributed by atoms with Crippen molar-refractivity contribution in [3.63, 3.8) is 0 Å². The fourth-order valence-electron chi connectivity index (χ4n) is 1.57. The summed E-state index contributed by atoms with van der Waals surface area (Å²) in [4.78, 5) is 0. The summed E-state index contributed by atoms with van der Waals surface area (Å²) in [5.74, 6) is 0. The lowest BCUT2D eigenvalue weighted by atomic mass is 9.85. The number of hydrogen-bond donors (Lipinski definition) is 0. The molecule has 0 fully saturated rings. The van der Waals surface area contributed by atoms with Crippen molar-refractivity contribution in [2.75, 3.05) is 0 Å². The molecule has 0 amide bonds. The summed E-state index contributed by atoms with van der Waals surface area (Å²) in [6.45, 7) is 11.3. The second-order valence-electron chi connectivity index (χ2n) is 5.10. The maximum Gasteiger partial charge on any atom is -0.0227 e. The van der Waals surface area contributed by atoms with Gasteiger partial charge in [-0.1, -0.05) is 39.0 Å². The number of aryl methyl sites for hydroxylation is 1. The summed E-state index contributed by atoms with van der Waals surface area (Å²) in [5.41, 5.74) is 4.74. The van der Waals surface area contributed by atoms with Gasteiger partial charge in [0.25, 0.3) is 0 Å². The standard InChI is InChI=1S/C13H20/c1-10-7-6-8-12(11(10)2)9-13(3,4)5/h6-8H,9H2,1-5H3. The molecular formula is C13H20. The average Bonchev–Trinajstić information content (AvgIpc) is 1.96. The van der Waals surface area contributed by atoms with E-state index in [1.165, 1.54) is 23.1 Å². The Labute approximate surface area is 82.0 Å². The third kappa shape index (κ3) is 2.87. The second-order valence-corrected chi connectivity index (χ2v) is 5.10. The van der Waals surface area contributed by atoms with Crippen molar-refractivity contribution in [1.82, 2.24) is 0 Å². The van der Waals surface area contributed by atoms with Crippen LogP contribution < -0.4 is 0 Å². The van der Waals surface area contributed by atoms with Crippen LogP contribution in [-0.4, -0.2) is 0 Å². The van der Waals surface area contributed by atoms with Gasteiger partial charge in [-0.25, -0.2) is 0 Å². The first-order chi connectivity index (χ1) is 5.90. The SMILES string of the molecule is Cc1cccc(CC(C)(C)C)c1C. The molecule has 0 aliphatic carbocycles. The Kier molecular flexibility index (Phi) is 2.80. The van der Waals surface area contributed by atoms with Crippen LogP contribution in [0.2, 0.25) is 0 Å². The first kappa shape index (κ1) is 10.3. The van der Waals surface area contributed by atoms with Gasteiger partial charge in [0.15, 0.2) is 0 Å². The minimum Gasteiger partial charge on any atom is -0.0617 e. The topological polar surface area (TPSA) is 0 Å². The molecule has 0 heterocycles. The highest BCUT2D eigenvalue weighted by Gasteiger charge is 2.12. The van der Waals surface area contributed by atoms with Crippen molar-refractivity contribution in [3.05, 3.63) is 34.9 Å². The summed E-state index contributed by atoms with van der Waals surface area (Å²) >= 11 is 0. The van der Waals surface area contributed by atoms with E-state index in [2.05, 4.69) is 52.8 Å². The molecule has 0 radical (unpaired) electrons. The Morgan fingerprint density at radius 2 is 1.69 bits per heavy atom. The van der Waals surface area contributed by atoms with E-state index in [0.717, 1.165) is 0 Å². The zero-order valence-electron chi connectivity index (χ0n) is 9.44. The van der Waals surface area contributed by atoms with Crippen molar-refractivity contribution >= 4 is 0 Å². The summed E-state index contributed by atoms with van der Waals surface area (Å²) in [7, 11) is 0. The highest BCUT2D eigenvalue weighted by molar-refractivity contribution is 5.33. The maximum absolute atomic E-state index is 2.29. The highest BCUT2D eigenvalue weighted by Crippen LogP contribution is 2.23. The molecule has 13 heavy (non-hydrogen) atoms. The lowest BCUT2D eigenvalue weighted by Crippen LogP contribution is -2.10. The first-order valence-electron chi connectivity index (χ1n) is 4.95. The lowest BCUT2D eigenvalue weighted by molar-refractivity contribution is 0.410. The van der Waals surface area contributed by atoms with Gasteiger partial charge in [-0.05, 0) is 42.4 Å². The number of rotatable bonds is 1. The van der Waals surface area contributed by atoms with Crippen molar-refractivity contribution in [3.8, 4) is 0 Å². The molecule has 0 aromatic heterocycles. The highest BCUT2D eigenvalue weighted by atomic mass is 14.2. The Bertz CT molecular complexity index is 289. The molecule has 1 rings (SSSR count). The molecule has 0 aliphatic heterocycles. The quantitative estimate of drug-likeness (QED) is 0.609. The smallest absolute Gasteiger partial charge is 0.0227 e. The fourth-order valence-corrected chi connectivity index (χ4v) is 1.57. The Balaban J connectivity index is 2.96. The molecule has 0 saturated carbocycles. The molecule has 0 atom stereocenters. The van der Waals surface area contributed by atoms with Crippen molar-refractivity contribution in [1.29, 1.82) is 0 Å². The zero-order chi connectivity index (χ0) is 10.1. The Hall–Kier alpha value is -0.780. The number of hydrogen-bond acceptors (Lipinski definition) is 0. The van der Waals surface area contributed by atoms with Gasteiger partial charge in [0.2, 0.25) is 0 Å². The normalized spacial score (nSPS) is 11.8. The molecule has 1 aromatic carbocycles. The lowest BCUT2D eigenvalue weighted by Gasteiger charge is -2.20. The van der Waals surface area contributed by atoms with E-state index in [9.17, 15) is 0 Å². The summed E-state index contributed by atoms with van der Waals surface area (Å²) in [5, 5.41) is 0. The largest absolute Gasteiger partial charge is 0.0617 e. The van der Waals surface area contributed by atoms with Gasteiger partial charge in [-0.3, -0.25) is 0 Å². The summed E-state index contributed by atoms with van der Waals surface area (Å²) in [6, 6.07) is 6.58. The molecule has 0 aliphatic rings. The molecule has 0 nitrogen and oxygen atoms in total. The molecule has 0 spiro atoms. The molecule has 0 bridgehead atoms. The minimum atomic E-state index is 0.387. The van der Waals surface area contributed by atoms with E-state index in [0.29, 0.717) is 5.41 Å². The third-order valence-corrected chi connectivity index (χ3v) is 2.44. The molecule has 0 N–H and O–H groups in total. The van der Waals surface area contributed by atoms with Crippen molar-refractivity contribution in [2.45, 2.75) is 41.0 Å². The van der Waals surface area contributed by atoms with Gasteiger partial charge in [0.1, 0.15) is 0 Å². The van der Waals surface area contributed by atoms with Crippen LogP contribution in [0.25, 0.3) is 0 Å². The van der Waals surface area contributed by atoms with Gasteiger partial charge in [-0.2, -0.15) is 0 Å². The van der Waals surface area contributed by atoms with E-state index in [1.807, 2.05) is 0 Å². The molecular weight excluding hydrogens is 156 g/mol. The van der Waals surface area contributed by atoms with Gasteiger partial charge < -0.3 is 0 Å². The first-order valence-corrected chi connectivity index (χ1v) is 4.95. The predicted molar refractivity (Wildman–Crippen MR) is 59.1 cm³/mol. The van der Waals surface area contributed by atoms with Gasteiger partial charge in [-0.15, -0.1) is 0 Å². The van der Waals surface area contributed by atoms with Gasteiger partial charge in [0.05, 0.1) is 0 Å². The van der Waals surface area contributed by atoms with Crippen LogP contribution in [0.5, 0.6) is 0 Å².